The van der Waals surface area contributed by atoms with Crippen LogP contribution in [0.15, 0.2) is 46.3 Å². The molecule has 0 bridgehead atoms. The minimum absolute atomic E-state index is 0.0523. The number of hydrogen-bond donors (Lipinski definition) is 0. The molecule has 1 aliphatic heterocycles. The molecule has 0 spiro atoms. The maximum atomic E-state index is 13.3. The number of rotatable bonds is 5. The van der Waals surface area contributed by atoms with Gasteiger partial charge in [0.25, 0.3) is 0 Å². The largest absolute Gasteiger partial charge is 0.376 e. The van der Waals surface area contributed by atoms with Crippen molar-refractivity contribution >= 4 is 38.3 Å². The highest BCUT2D eigenvalue weighted by Crippen LogP contribution is 2.32. The lowest BCUT2D eigenvalue weighted by Crippen LogP contribution is -2.41. The van der Waals surface area contributed by atoms with Crippen LogP contribution in [0.4, 0.5) is 5.13 Å². The van der Waals surface area contributed by atoms with Crippen LogP contribution in [0.3, 0.4) is 0 Å². The normalized spacial score (nSPS) is 22.1. The van der Waals surface area contributed by atoms with Gasteiger partial charge in [-0.15, -0.1) is 11.3 Å². The molecule has 1 amide bonds. The van der Waals surface area contributed by atoms with Crippen molar-refractivity contribution < 1.29 is 9.53 Å². The molecule has 1 aromatic carbocycles. The highest BCUT2D eigenvalue weighted by molar-refractivity contribution is 9.10. The molecule has 6 heteroatoms. The summed E-state index contributed by atoms with van der Waals surface area (Å²) in [5, 5.41) is 2.82. The molecule has 0 N–H and O–H groups in total. The summed E-state index contributed by atoms with van der Waals surface area (Å²) in [5.41, 5.74) is 1.97. The second kappa shape index (κ2) is 8.67. The van der Waals surface area contributed by atoms with E-state index in [0.717, 1.165) is 59.6 Å². The van der Waals surface area contributed by atoms with Crippen molar-refractivity contribution in [3.8, 4) is 11.3 Å². The van der Waals surface area contributed by atoms with Gasteiger partial charge in [0.2, 0.25) is 5.91 Å². The number of ether oxygens (including phenoxy) is 1. The summed E-state index contributed by atoms with van der Waals surface area (Å²) in [7, 11) is 0. The zero-order valence-electron chi connectivity index (χ0n) is 15.1. The number of carbonyl (C=O) groups is 1. The van der Waals surface area contributed by atoms with Gasteiger partial charge in [0.1, 0.15) is 0 Å². The average molecular weight is 447 g/mol. The SMILES string of the molecule is O=C([C@@H]1CC=CCC1)N(C[C@H]1CCCO1)c1nc(-c2ccc(Br)cc2)cs1. The zero-order chi connectivity index (χ0) is 18.6. The molecule has 27 heavy (non-hydrogen) atoms. The topological polar surface area (TPSA) is 42.4 Å². The fourth-order valence-electron chi connectivity index (χ4n) is 3.63. The number of allylic oxidation sites excluding steroid dienone is 2. The summed E-state index contributed by atoms with van der Waals surface area (Å²) in [6.07, 6.45) is 9.22. The molecule has 2 aromatic rings. The summed E-state index contributed by atoms with van der Waals surface area (Å²) in [6.45, 7) is 1.40. The first kappa shape index (κ1) is 18.8. The van der Waals surface area contributed by atoms with Gasteiger partial charge in [0.15, 0.2) is 5.13 Å². The lowest BCUT2D eigenvalue weighted by molar-refractivity contribution is -0.123. The van der Waals surface area contributed by atoms with Gasteiger partial charge in [-0.1, -0.05) is 40.2 Å². The Hall–Kier alpha value is -1.50. The molecule has 4 nitrogen and oxygen atoms in total. The third kappa shape index (κ3) is 4.50. The second-order valence-corrected chi connectivity index (χ2v) is 8.84. The number of hydrogen-bond acceptors (Lipinski definition) is 4. The van der Waals surface area contributed by atoms with Gasteiger partial charge in [0, 0.05) is 27.9 Å². The van der Waals surface area contributed by atoms with Crippen molar-refractivity contribution in [1.82, 2.24) is 4.98 Å². The molecule has 142 valence electrons. The van der Waals surface area contributed by atoms with Crippen LogP contribution in [0.25, 0.3) is 11.3 Å². The Morgan fingerprint density at radius 3 is 2.81 bits per heavy atom. The van der Waals surface area contributed by atoms with Gasteiger partial charge in [-0.05, 0) is 44.2 Å². The third-order valence-electron chi connectivity index (χ3n) is 5.16. The molecule has 1 fully saturated rings. The van der Waals surface area contributed by atoms with Crippen LogP contribution in [0.5, 0.6) is 0 Å². The number of benzene rings is 1. The van der Waals surface area contributed by atoms with E-state index in [1.807, 2.05) is 34.5 Å². The summed E-state index contributed by atoms with van der Waals surface area (Å²) in [4.78, 5) is 20.0. The molecule has 2 aliphatic rings. The summed E-state index contributed by atoms with van der Waals surface area (Å²) >= 11 is 5.01. The Kier molecular flexibility index (Phi) is 6.05. The lowest BCUT2D eigenvalue weighted by Gasteiger charge is -2.28. The minimum Gasteiger partial charge on any atom is -0.376 e. The van der Waals surface area contributed by atoms with E-state index in [9.17, 15) is 4.79 Å². The summed E-state index contributed by atoms with van der Waals surface area (Å²) in [6, 6.07) is 8.11. The first-order chi connectivity index (χ1) is 13.2. The minimum atomic E-state index is 0.0523. The average Bonchev–Trinajstić information content (AvgIpc) is 3.39. The lowest BCUT2D eigenvalue weighted by atomic mass is 9.93. The first-order valence-electron chi connectivity index (χ1n) is 9.50. The Morgan fingerprint density at radius 2 is 2.11 bits per heavy atom. The van der Waals surface area contributed by atoms with E-state index < -0.39 is 0 Å². The number of anilines is 1. The molecule has 2 heterocycles. The second-order valence-electron chi connectivity index (χ2n) is 7.09. The van der Waals surface area contributed by atoms with Crippen LogP contribution < -0.4 is 4.90 Å². The molecule has 2 atom stereocenters. The Bertz CT molecular complexity index is 812. The fraction of sp³-hybridized carbons (Fsp3) is 0.429. The summed E-state index contributed by atoms with van der Waals surface area (Å²) < 4.78 is 6.85. The molecule has 0 radical (unpaired) electrons. The zero-order valence-corrected chi connectivity index (χ0v) is 17.5. The standard InChI is InChI=1S/C21H23BrN2O2S/c22-17-10-8-15(9-11-17)19-14-27-21(23-19)24(13-18-7-4-12-26-18)20(25)16-5-2-1-3-6-16/h1-2,8-11,14,16,18H,3-7,12-13H2/t16-,18-/m1/s1. The van der Waals surface area contributed by atoms with E-state index in [1.54, 1.807) is 11.3 Å². The number of aromatic nitrogens is 1. The van der Waals surface area contributed by atoms with Crippen molar-refractivity contribution in [2.24, 2.45) is 5.92 Å². The predicted molar refractivity (Wildman–Crippen MR) is 113 cm³/mol. The van der Waals surface area contributed by atoms with Crippen LogP contribution in [0.1, 0.15) is 32.1 Å². The third-order valence-corrected chi connectivity index (χ3v) is 6.55. The fourth-order valence-corrected chi connectivity index (χ4v) is 4.75. The van der Waals surface area contributed by atoms with Crippen molar-refractivity contribution in [2.75, 3.05) is 18.1 Å². The van der Waals surface area contributed by atoms with Crippen molar-refractivity contribution in [1.29, 1.82) is 0 Å². The number of halogens is 1. The summed E-state index contributed by atoms with van der Waals surface area (Å²) in [5.74, 6) is 0.239. The highest BCUT2D eigenvalue weighted by Gasteiger charge is 2.30. The molecule has 1 aliphatic carbocycles. The quantitative estimate of drug-likeness (QED) is 0.574. The Balaban J connectivity index is 1.58. The monoisotopic (exact) mass is 446 g/mol. The van der Waals surface area contributed by atoms with Gasteiger partial charge in [-0.3, -0.25) is 9.69 Å². The first-order valence-corrected chi connectivity index (χ1v) is 11.2. The van der Waals surface area contributed by atoms with Gasteiger partial charge >= 0.3 is 0 Å². The maximum absolute atomic E-state index is 13.3. The Morgan fingerprint density at radius 1 is 1.26 bits per heavy atom. The van der Waals surface area contributed by atoms with Gasteiger partial charge in [-0.25, -0.2) is 4.98 Å². The van der Waals surface area contributed by atoms with E-state index in [4.69, 9.17) is 9.72 Å². The predicted octanol–water partition coefficient (Wildman–Crippen LogP) is 5.44. The van der Waals surface area contributed by atoms with Crippen molar-refractivity contribution in [2.45, 2.75) is 38.2 Å². The molecule has 1 saturated heterocycles. The van der Waals surface area contributed by atoms with Gasteiger partial charge in [0.05, 0.1) is 18.3 Å². The molecule has 0 saturated carbocycles. The van der Waals surface area contributed by atoms with Crippen LogP contribution >= 0.6 is 27.3 Å². The molecule has 4 rings (SSSR count). The number of thiazole rings is 1. The van der Waals surface area contributed by atoms with E-state index >= 15 is 0 Å². The number of nitrogens with zero attached hydrogens (tertiary/aromatic N) is 2. The van der Waals surface area contributed by atoms with Gasteiger partial charge < -0.3 is 4.74 Å². The van der Waals surface area contributed by atoms with E-state index in [0.29, 0.717) is 6.54 Å². The van der Waals surface area contributed by atoms with Crippen molar-refractivity contribution in [3.05, 3.63) is 46.3 Å². The molecule has 1 aromatic heterocycles. The molecular formula is C21H23BrN2O2S. The smallest absolute Gasteiger partial charge is 0.232 e. The van der Waals surface area contributed by atoms with Crippen molar-refractivity contribution in [3.63, 3.8) is 0 Å². The van der Waals surface area contributed by atoms with E-state index in [-0.39, 0.29) is 17.9 Å². The van der Waals surface area contributed by atoms with Crippen LogP contribution in [0, 0.1) is 5.92 Å². The van der Waals surface area contributed by atoms with Crippen LogP contribution in [0.2, 0.25) is 0 Å². The highest BCUT2D eigenvalue weighted by atomic mass is 79.9. The molecule has 0 unspecified atom stereocenters. The number of carbonyl (C=O) groups excluding carboxylic acids is 1. The number of amides is 1. The molecular weight excluding hydrogens is 424 g/mol. The maximum Gasteiger partial charge on any atom is 0.232 e. The van der Waals surface area contributed by atoms with Crippen LogP contribution in [-0.2, 0) is 9.53 Å². The van der Waals surface area contributed by atoms with E-state index in [1.165, 1.54) is 0 Å². The van der Waals surface area contributed by atoms with Gasteiger partial charge in [-0.2, -0.15) is 0 Å². The Labute approximate surface area is 172 Å². The van der Waals surface area contributed by atoms with Crippen LogP contribution in [-0.4, -0.2) is 30.1 Å². The van der Waals surface area contributed by atoms with E-state index in [2.05, 4.69) is 28.1 Å².